The molecule has 3 atom stereocenters. The van der Waals surface area contributed by atoms with E-state index in [0.29, 0.717) is 31.9 Å². The maximum atomic E-state index is 13.1. The summed E-state index contributed by atoms with van der Waals surface area (Å²) in [4.78, 5) is 17.2. The van der Waals surface area contributed by atoms with Gasteiger partial charge in [0.1, 0.15) is 0 Å². The highest BCUT2D eigenvalue weighted by atomic mass is 32.1. The minimum absolute atomic E-state index is 0.0476. The summed E-state index contributed by atoms with van der Waals surface area (Å²) in [6.45, 7) is 5.78. The number of piperazine rings is 1. The van der Waals surface area contributed by atoms with Crippen molar-refractivity contribution in [3.8, 4) is 0 Å². The topological polar surface area (TPSA) is 62.2 Å². The van der Waals surface area contributed by atoms with E-state index >= 15 is 0 Å². The molecule has 2 aliphatic heterocycles. The Morgan fingerprint density at radius 2 is 2.15 bits per heavy atom. The summed E-state index contributed by atoms with van der Waals surface area (Å²) in [5, 5.41) is 13.5. The van der Waals surface area contributed by atoms with Crippen LogP contribution in [0.4, 0.5) is 0 Å². The van der Waals surface area contributed by atoms with Crippen LogP contribution in [-0.4, -0.2) is 73.5 Å². The van der Waals surface area contributed by atoms with Crippen LogP contribution in [0.1, 0.15) is 31.2 Å². The van der Waals surface area contributed by atoms with E-state index in [1.807, 2.05) is 17.9 Å². The molecular formula is C20H30N2O4S. The number of hydrogen-bond acceptors (Lipinski definition) is 6. The van der Waals surface area contributed by atoms with Crippen molar-refractivity contribution in [3.63, 3.8) is 0 Å². The molecule has 1 aromatic heterocycles. The SMILES string of the molecule is CCO[C@@H]1OC(C(=O)N2CCN(C)CC2)=C[C@H](c2ccsc2)[C@@H]1CCCO. The number of ether oxygens (including phenoxy) is 2. The molecule has 0 aliphatic carbocycles. The fourth-order valence-corrected chi connectivity index (χ4v) is 4.47. The van der Waals surface area contributed by atoms with E-state index in [2.05, 4.69) is 28.8 Å². The first-order valence-electron chi connectivity index (χ1n) is 9.75. The van der Waals surface area contributed by atoms with Crippen LogP contribution in [0.5, 0.6) is 0 Å². The summed E-state index contributed by atoms with van der Waals surface area (Å²) in [6, 6.07) is 2.10. The lowest BCUT2D eigenvalue weighted by Gasteiger charge is -2.39. The lowest BCUT2D eigenvalue weighted by Crippen LogP contribution is -2.49. The molecule has 0 unspecified atom stereocenters. The van der Waals surface area contributed by atoms with Crippen molar-refractivity contribution in [2.45, 2.75) is 32.0 Å². The highest BCUT2D eigenvalue weighted by Gasteiger charge is 2.39. The Labute approximate surface area is 165 Å². The van der Waals surface area contributed by atoms with Crippen LogP contribution >= 0.6 is 11.3 Å². The van der Waals surface area contributed by atoms with Gasteiger partial charge in [0.25, 0.3) is 5.91 Å². The lowest BCUT2D eigenvalue weighted by atomic mass is 9.81. The van der Waals surface area contributed by atoms with Crippen molar-refractivity contribution in [1.29, 1.82) is 0 Å². The van der Waals surface area contributed by atoms with Gasteiger partial charge in [-0.05, 0) is 55.3 Å². The van der Waals surface area contributed by atoms with E-state index in [1.54, 1.807) is 11.3 Å². The highest BCUT2D eigenvalue weighted by Crippen LogP contribution is 2.40. The molecule has 0 saturated carbocycles. The van der Waals surface area contributed by atoms with Gasteiger partial charge >= 0.3 is 0 Å². The first-order chi connectivity index (χ1) is 13.1. The van der Waals surface area contributed by atoms with Crippen molar-refractivity contribution in [3.05, 3.63) is 34.2 Å². The highest BCUT2D eigenvalue weighted by molar-refractivity contribution is 7.08. The molecule has 1 amide bonds. The van der Waals surface area contributed by atoms with Gasteiger partial charge in [-0.3, -0.25) is 4.79 Å². The van der Waals surface area contributed by atoms with Gasteiger partial charge in [-0.15, -0.1) is 0 Å². The maximum absolute atomic E-state index is 13.1. The van der Waals surface area contributed by atoms with Gasteiger partial charge in [0.2, 0.25) is 6.29 Å². The molecule has 1 aromatic rings. The fourth-order valence-electron chi connectivity index (χ4n) is 3.77. The Balaban J connectivity index is 1.85. The lowest BCUT2D eigenvalue weighted by molar-refractivity contribution is -0.170. The summed E-state index contributed by atoms with van der Waals surface area (Å²) < 4.78 is 11.9. The number of hydrogen-bond donors (Lipinski definition) is 1. The predicted molar refractivity (Wildman–Crippen MR) is 106 cm³/mol. The maximum Gasteiger partial charge on any atom is 0.288 e. The standard InChI is InChI=1S/C20H30N2O4S/c1-3-25-20-16(5-4-11-23)17(15-6-12-27-14-15)13-18(26-20)19(24)22-9-7-21(2)8-10-22/h6,12-14,16-17,20,23H,3-5,7-11H2,1-2H3/t16-,17+,20+/m0/s1. The van der Waals surface area contributed by atoms with E-state index in [-0.39, 0.29) is 24.3 Å². The quantitative estimate of drug-likeness (QED) is 0.769. The van der Waals surface area contributed by atoms with E-state index in [0.717, 1.165) is 19.5 Å². The third kappa shape index (κ3) is 4.90. The second kappa shape index (κ2) is 9.68. The third-order valence-electron chi connectivity index (χ3n) is 5.34. The Morgan fingerprint density at radius 1 is 1.37 bits per heavy atom. The first kappa shape index (κ1) is 20.3. The number of aliphatic hydroxyl groups is 1. The van der Waals surface area contributed by atoms with Crippen molar-refractivity contribution >= 4 is 17.2 Å². The van der Waals surface area contributed by atoms with Gasteiger partial charge in [-0.2, -0.15) is 11.3 Å². The monoisotopic (exact) mass is 394 g/mol. The van der Waals surface area contributed by atoms with Crippen molar-refractivity contribution in [2.75, 3.05) is 46.4 Å². The van der Waals surface area contributed by atoms with Gasteiger partial charge in [-0.25, -0.2) is 0 Å². The number of thiophene rings is 1. The second-order valence-electron chi connectivity index (χ2n) is 7.18. The molecule has 1 fully saturated rings. The minimum atomic E-state index is -0.470. The summed E-state index contributed by atoms with van der Waals surface area (Å²) in [7, 11) is 2.07. The summed E-state index contributed by atoms with van der Waals surface area (Å²) in [5.74, 6) is 0.485. The molecule has 3 heterocycles. The number of likely N-dealkylation sites (N-methyl/N-ethyl adjacent to an activating group) is 1. The van der Waals surface area contributed by atoms with Crippen LogP contribution in [0.25, 0.3) is 0 Å². The molecule has 7 heteroatoms. The Morgan fingerprint density at radius 3 is 2.78 bits per heavy atom. The summed E-state index contributed by atoms with van der Waals surface area (Å²) in [5.41, 5.74) is 1.18. The third-order valence-corrected chi connectivity index (χ3v) is 6.04. The van der Waals surface area contributed by atoms with Crippen LogP contribution in [0.2, 0.25) is 0 Å². The molecule has 2 aliphatic rings. The number of carbonyl (C=O) groups is 1. The first-order valence-corrected chi connectivity index (χ1v) is 10.7. The average Bonchev–Trinajstić information content (AvgIpc) is 3.21. The number of allylic oxidation sites excluding steroid dienone is 1. The molecule has 0 aromatic carbocycles. The van der Waals surface area contributed by atoms with Crippen LogP contribution in [0.15, 0.2) is 28.7 Å². The minimum Gasteiger partial charge on any atom is -0.459 e. The van der Waals surface area contributed by atoms with Gasteiger partial charge in [0.05, 0.1) is 0 Å². The van der Waals surface area contributed by atoms with Gasteiger partial charge in [0.15, 0.2) is 5.76 Å². The Hall–Kier alpha value is -1.41. The van der Waals surface area contributed by atoms with Gasteiger partial charge in [-0.1, -0.05) is 0 Å². The molecule has 3 rings (SSSR count). The van der Waals surface area contributed by atoms with Crippen LogP contribution < -0.4 is 0 Å². The average molecular weight is 395 g/mol. The van der Waals surface area contributed by atoms with Gasteiger partial charge < -0.3 is 24.4 Å². The molecule has 27 heavy (non-hydrogen) atoms. The van der Waals surface area contributed by atoms with Crippen molar-refractivity contribution in [2.24, 2.45) is 5.92 Å². The predicted octanol–water partition coefficient (Wildman–Crippen LogP) is 2.27. The van der Waals surface area contributed by atoms with Crippen molar-refractivity contribution < 1.29 is 19.4 Å². The van der Waals surface area contributed by atoms with E-state index < -0.39 is 6.29 Å². The fraction of sp³-hybridized carbons (Fsp3) is 0.650. The molecule has 150 valence electrons. The molecule has 6 nitrogen and oxygen atoms in total. The number of nitrogens with zero attached hydrogens (tertiary/aromatic N) is 2. The van der Waals surface area contributed by atoms with Crippen LogP contribution in [0.3, 0.4) is 0 Å². The zero-order valence-corrected chi connectivity index (χ0v) is 17.0. The largest absolute Gasteiger partial charge is 0.459 e. The van der Waals surface area contributed by atoms with E-state index in [4.69, 9.17) is 9.47 Å². The molecular weight excluding hydrogens is 364 g/mol. The van der Waals surface area contributed by atoms with Crippen LogP contribution in [-0.2, 0) is 14.3 Å². The Kier molecular flexibility index (Phi) is 7.29. The van der Waals surface area contributed by atoms with Crippen LogP contribution in [0, 0.1) is 5.92 Å². The number of amides is 1. The Bertz CT molecular complexity index is 626. The van der Waals surface area contributed by atoms with E-state index in [9.17, 15) is 9.90 Å². The van der Waals surface area contributed by atoms with Crippen molar-refractivity contribution in [1.82, 2.24) is 9.80 Å². The van der Waals surface area contributed by atoms with E-state index in [1.165, 1.54) is 5.56 Å². The molecule has 0 spiro atoms. The number of rotatable bonds is 7. The zero-order valence-electron chi connectivity index (χ0n) is 16.2. The molecule has 1 N–H and O–H groups in total. The normalized spacial score (nSPS) is 26.6. The smallest absolute Gasteiger partial charge is 0.288 e. The zero-order chi connectivity index (χ0) is 19.2. The molecule has 0 radical (unpaired) electrons. The molecule has 0 bridgehead atoms. The second-order valence-corrected chi connectivity index (χ2v) is 7.96. The number of aliphatic hydroxyl groups excluding tert-OH is 1. The molecule has 1 saturated heterocycles. The summed E-state index contributed by atoms with van der Waals surface area (Å²) >= 11 is 1.65. The number of carbonyl (C=O) groups excluding carboxylic acids is 1. The van der Waals surface area contributed by atoms with Gasteiger partial charge in [0, 0.05) is 51.2 Å². The summed E-state index contributed by atoms with van der Waals surface area (Å²) in [6.07, 6.45) is 2.98.